The minimum atomic E-state index is -0.840. The molecular formula is C18H22In. The molecule has 0 N–H and O–H groups in total. The maximum atomic E-state index is 2.38. The molecule has 2 aromatic rings. The van der Waals surface area contributed by atoms with Gasteiger partial charge in [0.15, 0.2) is 0 Å². The van der Waals surface area contributed by atoms with E-state index < -0.39 is 22.9 Å². The van der Waals surface area contributed by atoms with Crippen molar-refractivity contribution in [3.63, 3.8) is 0 Å². The average molecular weight is 353 g/mol. The van der Waals surface area contributed by atoms with Gasteiger partial charge in [-0.15, -0.1) is 0 Å². The third kappa shape index (κ3) is 3.89. The molecule has 1 radical (unpaired) electrons. The molecular weight excluding hydrogens is 331 g/mol. The van der Waals surface area contributed by atoms with Crippen molar-refractivity contribution in [1.82, 2.24) is 0 Å². The second kappa shape index (κ2) is 5.75. The molecule has 0 saturated carbocycles. The van der Waals surface area contributed by atoms with E-state index in [0.29, 0.717) is 0 Å². The molecule has 0 fully saturated rings. The zero-order valence-electron chi connectivity index (χ0n) is 12.6. The van der Waals surface area contributed by atoms with Crippen LogP contribution in [0.2, 0.25) is 0 Å². The number of benzene rings is 2. The summed E-state index contributed by atoms with van der Waals surface area (Å²) in [7, 11) is 0. The summed E-state index contributed by atoms with van der Waals surface area (Å²) in [6, 6.07) is 16.2. The van der Waals surface area contributed by atoms with Crippen LogP contribution in [0.25, 0.3) is 0 Å². The van der Waals surface area contributed by atoms with Gasteiger partial charge in [0.2, 0.25) is 0 Å². The van der Waals surface area contributed by atoms with Crippen molar-refractivity contribution in [2.24, 2.45) is 0 Å². The Bertz CT molecular complexity index is 559. The normalized spacial score (nSPS) is 11.4. The Balaban J connectivity index is 2.24. The molecule has 0 aliphatic heterocycles. The fourth-order valence-corrected chi connectivity index (χ4v) is 5.71. The van der Waals surface area contributed by atoms with Crippen LogP contribution in [-0.2, 0) is 5.41 Å². The average Bonchev–Trinajstić information content (AvgIpc) is 2.33. The van der Waals surface area contributed by atoms with Crippen molar-refractivity contribution in [1.29, 1.82) is 0 Å². The summed E-state index contributed by atoms with van der Waals surface area (Å²) in [5, 5.41) is 0. The summed E-state index contributed by atoms with van der Waals surface area (Å²) in [5.41, 5.74) is 4.53. The van der Waals surface area contributed by atoms with E-state index in [4.69, 9.17) is 0 Å². The van der Waals surface area contributed by atoms with E-state index in [1.165, 1.54) is 16.7 Å². The Morgan fingerprint density at radius 3 is 2.00 bits per heavy atom. The number of aryl methyl sites for hydroxylation is 2. The number of hydrogen-bond acceptors (Lipinski definition) is 0. The van der Waals surface area contributed by atoms with Gasteiger partial charge in [0.25, 0.3) is 0 Å². The molecule has 2 rings (SSSR count). The molecule has 19 heavy (non-hydrogen) atoms. The van der Waals surface area contributed by atoms with Crippen LogP contribution >= 0.6 is 0 Å². The zero-order valence-corrected chi connectivity index (χ0v) is 15.9. The Hall–Kier alpha value is -0.690. The Kier molecular flexibility index (Phi) is 4.45. The van der Waals surface area contributed by atoms with E-state index in [9.17, 15) is 0 Å². The fourth-order valence-electron chi connectivity index (χ4n) is 2.15. The van der Waals surface area contributed by atoms with Crippen molar-refractivity contribution < 1.29 is 0 Å². The van der Waals surface area contributed by atoms with Gasteiger partial charge in [-0.2, -0.15) is 0 Å². The van der Waals surface area contributed by atoms with E-state index in [2.05, 4.69) is 77.1 Å². The molecule has 1 heteroatoms. The van der Waals surface area contributed by atoms with E-state index in [1.54, 1.807) is 6.64 Å². The molecule has 0 heterocycles. The number of rotatable bonds is 2. The summed E-state index contributed by atoms with van der Waals surface area (Å²) in [6.45, 7) is 11.3. The minimum absolute atomic E-state index is 0.250. The topological polar surface area (TPSA) is 0 Å². The molecule has 0 saturated heterocycles. The molecule has 0 amide bonds. The summed E-state index contributed by atoms with van der Waals surface area (Å²) in [6.07, 6.45) is 0. The van der Waals surface area contributed by atoms with E-state index in [1.807, 2.05) is 0 Å². The van der Waals surface area contributed by atoms with Gasteiger partial charge >= 0.3 is 129 Å². The Labute approximate surface area is 128 Å². The Morgan fingerprint density at radius 1 is 0.842 bits per heavy atom. The van der Waals surface area contributed by atoms with Crippen LogP contribution in [0.1, 0.15) is 37.5 Å². The van der Waals surface area contributed by atoms with Crippen molar-refractivity contribution in [2.75, 3.05) is 0 Å². The van der Waals surface area contributed by atoms with E-state index >= 15 is 0 Å². The van der Waals surface area contributed by atoms with Gasteiger partial charge in [0.1, 0.15) is 0 Å². The Morgan fingerprint density at radius 2 is 1.47 bits per heavy atom. The monoisotopic (exact) mass is 353 g/mol. The molecule has 0 unspecified atom stereocenters. The molecule has 0 aliphatic rings. The molecule has 97 valence electrons. The van der Waals surface area contributed by atoms with Gasteiger partial charge in [0, 0.05) is 0 Å². The molecule has 2 aromatic carbocycles. The van der Waals surface area contributed by atoms with Crippen molar-refractivity contribution >= 4 is 29.5 Å². The quantitative estimate of drug-likeness (QED) is 0.778. The zero-order chi connectivity index (χ0) is 14.0. The summed E-state index contributed by atoms with van der Waals surface area (Å²) in [4.78, 5) is 0. The third-order valence-corrected chi connectivity index (χ3v) is 8.32. The first kappa shape index (κ1) is 14.7. The van der Waals surface area contributed by atoms with Crippen LogP contribution in [0.5, 0.6) is 0 Å². The second-order valence-corrected chi connectivity index (χ2v) is 10.9. The first-order valence-electron chi connectivity index (χ1n) is 6.89. The SMILES string of the molecule is Cc1cc[c]([In][c]2ccc(C(C)(C)C)cc2C)cc1. The third-order valence-electron chi connectivity index (χ3n) is 3.54. The summed E-state index contributed by atoms with van der Waals surface area (Å²) >= 11 is -0.840. The molecule has 0 spiro atoms. The van der Waals surface area contributed by atoms with Crippen molar-refractivity contribution in [3.05, 3.63) is 59.2 Å². The van der Waals surface area contributed by atoms with Crippen molar-refractivity contribution in [3.8, 4) is 0 Å². The van der Waals surface area contributed by atoms with Gasteiger partial charge in [-0.05, 0) is 0 Å². The van der Waals surface area contributed by atoms with Crippen molar-refractivity contribution in [2.45, 2.75) is 40.0 Å². The van der Waals surface area contributed by atoms with Crippen LogP contribution in [0.15, 0.2) is 42.5 Å². The van der Waals surface area contributed by atoms with Crippen LogP contribution in [0.4, 0.5) is 0 Å². The first-order valence-corrected chi connectivity index (χ1v) is 10.2. The van der Waals surface area contributed by atoms with Crippen LogP contribution in [-0.4, -0.2) is 22.9 Å². The fraction of sp³-hybridized carbons (Fsp3) is 0.333. The van der Waals surface area contributed by atoms with Gasteiger partial charge in [-0.1, -0.05) is 0 Å². The summed E-state index contributed by atoms with van der Waals surface area (Å²) < 4.78 is 3.19. The van der Waals surface area contributed by atoms with E-state index in [-0.39, 0.29) is 5.41 Å². The van der Waals surface area contributed by atoms with E-state index in [0.717, 1.165) is 0 Å². The molecule has 0 atom stereocenters. The molecule has 0 aromatic heterocycles. The van der Waals surface area contributed by atoms with Crippen LogP contribution in [0, 0.1) is 13.8 Å². The first-order chi connectivity index (χ1) is 8.86. The predicted octanol–water partition coefficient (Wildman–Crippen LogP) is 3.26. The van der Waals surface area contributed by atoms with Gasteiger partial charge in [-0.25, -0.2) is 0 Å². The summed E-state index contributed by atoms with van der Waals surface area (Å²) in [5.74, 6) is 0. The van der Waals surface area contributed by atoms with Crippen LogP contribution < -0.4 is 6.64 Å². The van der Waals surface area contributed by atoms with Gasteiger partial charge < -0.3 is 0 Å². The molecule has 0 bridgehead atoms. The standard InChI is InChI=1S/C11H15.C7H7.In/c1-9-6-5-7-10(8-9)11(2,3)4;1-7-5-3-2-4-6-7;/h5,7-8H,1-4H3;3-6H,1H3;. The second-order valence-electron chi connectivity index (χ2n) is 6.38. The molecule has 0 aliphatic carbocycles. The number of hydrogen-bond donors (Lipinski definition) is 0. The molecule has 0 nitrogen and oxygen atoms in total. The van der Waals surface area contributed by atoms with Crippen LogP contribution in [0.3, 0.4) is 0 Å². The predicted molar refractivity (Wildman–Crippen MR) is 86.1 cm³/mol. The van der Waals surface area contributed by atoms with Gasteiger partial charge in [0.05, 0.1) is 0 Å². The van der Waals surface area contributed by atoms with Gasteiger partial charge in [-0.3, -0.25) is 0 Å². The maximum absolute atomic E-state index is 2.38.